The Labute approximate surface area is 228 Å². The fourth-order valence-corrected chi connectivity index (χ4v) is 4.23. The molecule has 0 N–H and O–H groups in total. The number of hydrogen-bond donors (Lipinski definition) is 0. The van der Waals surface area contributed by atoms with Gasteiger partial charge in [0, 0.05) is 23.1 Å². The first kappa shape index (κ1) is 26.7. The molecular weight excluding hydrogens is 478 g/mol. The summed E-state index contributed by atoms with van der Waals surface area (Å²) in [5.74, 6) is -2.54. The number of Topliss-reactive ketones (excluding diaryl/α,β-unsaturated/α-hetero) is 1. The number of ether oxygens (including phenoxy) is 1. The van der Waals surface area contributed by atoms with Gasteiger partial charge >= 0.3 is 29.6 Å². The van der Waals surface area contributed by atoms with Gasteiger partial charge in [-0.15, -0.1) is 0 Å². The minimum Gasteiger partial charge on any atom is -0.545 e. The van der Waals surface area contributed by atoms with Crippen molar-refractivity contribution in [1.29, 1.82) is 0 Å². The zero-order valence-electron chi connectivity index (χ0n) is 19.7. The summed E-state index contributed by atoms with van der Waals surface area (Å²) in [6.45, 7) is 3.79. The number of carboxylic acid groups (broad SMARTS) is 1. The van der Waals surface area contributed by atoms with Crippen LogP contribution in [0.4, 0.5) is 4.39 Å². The van der Waals surface area contributed by atoms with Crippen molar-refractivity contribution in [2.24, 2.45) is 0 Å². The molecule has 0 saturated carbocycles. The molecule has 3 aromatic carbocycles. The smallest absolute Gasteiger partial charge is 0.545 e. The second-order valence-corrected chi connectivity index (χ2v) is 8.41. The first-order chi connectivity index (χ1) is 16.3. The number of benzene rings is 3. The van der Waals surface area contributed by atoms with Gasteiger partial charge in [0.15, 0.2) is 17.3 Å². The molecule has 0 radical (unpaired) electrons. The van der Waals surface area contributed by atoms with E-state index in [1.807, 2.05) is 13.8 Å². The Balaban J connectivity index is 0.00000342. The molecular formula is C26H20FN2NaO4S. The van der Waals surface area contributed by atoms with Gasteiger partial charge in [-0.1, -0.05) is 24.3 Å². The SMILES string of the molecule is COc1ccc(CC(C(=O)c2ccc(C)c(C)c2)=C(C(=O)[O-])c2ccc3nsnc3c2)cc1F.[Na+]. The van der Waals surface area contributed by atoms with Gasteiger partial charge in [0.1, 0.15) is 11.0 Å². The predicted molar refractivity (Wildman–Crippen MR) is 126 cm³/mol. The van der Waals surface area contributed by atoms with E-state index in [4.69, 9.17) is 4.74 Å². The molecule has 6 nitrogen and oxygen atoms in total. The van der Waals surface area contributed by atoms with Crippen molar-refractivity contribution >= 4 is 40.1 Å². The molecule has 4 rings (SSSR count). The number of carbonyl (C=O) groups is 2. The molecule has 0 saturated heterocycles. The summed E-state index contributed by atoms with van der Waals surface area (Å²) < 4.78 is 27.6. The third kappa shape index (κ3) is 5.67. The molecule has 0 bridgehead atoms. The fourth-order valence-electron chi connectivity index (χ4n) is 3.72. The van der Waals surface area contributed by atoms with Crippen LogP contribution in [0.3, 0.4) is 0 Å². The Hall–Kier alpha value is -2.91. The number of fused-ring (bicyclic) bond motifs is 1. The quantitative estimate of drug-likeness (QED) is 0.215. The summed E-state index contributed by atoms with van der Waals surface area (Å²) in [6.07, 6.45) is -0.122. The van der Waals surface area contributed by atoms with Crippen LogP contribution in [0, 0.1) is 19.7 Å². The van der Waals surface area contributed by atoms with Gasteiger partial charge in [0.05, 0.1) is 24.8 Å². The van der Waals surface area contributed by atoms with E-state index in [0.29, 0.717) is 22.2 Å². The second-order valence-electron chi connectivity index (χ2n) is 7.88. The van der Waals surface area contributed by atoms with Gasteiger partial charge in [-0.05, 0) is 66.4 Å². The molecule has 0 amide bonds. The Morgan fingerprint density at radius 2 is 1.66 bits per heavy atom. The maximum Gasteiger partial charge on any atom is 1.00 e. The Kier molecular flexibility index (Phi) is 8.56. The van der Waals surface area contributed by atoms with Crippen molar-refractivity contribution < 1.29 is 53.4 Å². The van der Waals surface area contributed by atoms with Gasteiger partial charge in [0.2, 0.25) is 0 Å². The van der Waals surface area contributed by atoms with Crippen LogP contribution in [0.1, 0.15) is 32.6 Å². The number of ketones is 1. The van der Waals surface area contributed by atoms with Gasteiger partial charge in [-0.3, -0.25) is 4.79 Å². The molecule has 0 atom stereocenters. The number of methoxy groups -OCH3 is 1. The average molecular weight is 499 g/mol. The van der Waals surface area contributed by atoms with Crippen molar-refractivity contribution in [1.82, 2.24) is 8.75 Å². The molecule has 0 aliphatic heterocycles. The number of carboxylic acids is 1. The zero-order chi connectivity index (χ0) is 24.4. The molecule has 0 fully saturated rings. The van der Waals surface area contributed by atoms with Crippen LogP contribution in [-0.2, 0) is 11.2 Å². The van der Waals surface area contributed by atoms with Crippen molar-refractivity contribution in [3.63, 3.8) is 0 Å². The standard InChI is InChI=1S/C26H21FN2O4S.Na/c1-14-4-6-18(10-15(14)2)25(30)19(11-16-5-9-23(33-3)20(27)12-16)24(26(31)32)17-7-8-21-22(13-17)29-34-28-21;/h4-10,12-13H,11H2,1-3H3,(H,31,32);/q;+1/p-1. The van der Waals surface area contributed by atoms with Crippen LogP contribution in [0.2, 0.25) is 0 Å². The van der Waals surface area contributed by atoms with Crippen molar-refractivity contribution in [3.8, 4) is 5.75 Å². The molecule has 9 heteroatoms. The second kappa shape index (κ2) is 11.2. The van der Waals surface area contributed by atoms with E-state index in [0.717, 1.165) is 22.9 Å². The van der Waals surface area contributed by atoms with E-state index in [9.17, 15) is 19.1 Å². The van der Waals surface area contributed by atoms with E-state index in [1.54, 1.807) is 42.5 Å². The summed E-state index contributed by atoms with van der Waals surface area (Å²) >= 11 is 1.00. The topological polar surface area (TPSA) is 92.2 Å². The fraction of sp³-hybridized carbons (Fsp3) is 0.154. The van der Waals surface area contributed by atoms with Crippen LogP contribution in [0.15, 0.2) is 60.2 Å². The normalized spacial score (nSPS) is 11.5. The summed E-state index contributed by atoms with van der Waals surface area (Å²) in [5, 5.41) is 12.4. The van der Waals surface area contributed by atoms with Crippen LogP contribution >= 0.6 is 11.7 Å². The summed E-state index contributed by atoms with van der Waals surface area (Å²) in [4.78, 5) is 26.0. The number of halogens is 1. The first-order valence-corrected chi connectivity index (χ1v) is 11.1. The van der Waals surface area contributed by atoms with Crippen molar-refractivity contribution in [3.05, 3.63) is 93.8 Å². The molecule has 0 aliphatic carbocycles. The Morgan fingerprint density at radius 1 is 0.943 bits per heavy atom. The number of rotatable bonds is 7. The van der Waals surface area contributed by atoms with E-state index in [1.165, 1.54) is 19.2 Å². The van der Waals surface area contributed by atoms with Crippen LogP contribution in [0.25, 0.3) is 16.6 Å². The molecule has 1 aromatic heterocycles. The summed E-state index contributed by atoms with van der Waals surface area (Å²) in [7, 11) is 1.35. The van der Waals surface area contributed by atoms with E-state index in [-0.39, 0.29) is 58.4 Å². The van der Waals surface area contributed by atoms with Gasteiger partial charge in [-0.25, -0.2) is 4.39 Å². The maximum atomic E-state index is 14.4. The third-order valence-electron chi connectivity index (χ3n) is 5.69. The largest absolute Gasteiger partial charge is 1.00 e. The molecule has 35 heavy (non-hydrogen) atoms. The predicted octanol–water partition coefficient (Wildman–Crippen LogP) is 1.09. The Bertz CT molecular complexity index is 1470. The third-order valence-corrected chi connectivity index (χ3v) is 6.25. The number of carbonyl (C=O) groups excluding carboxylic acids is 2. The molecule has 0 spiro atoms. The number of nitrogens with zero attached hydrogens (tertiary/aromatic N) is 2. The number of hydrogen-bond acceptors (Lipinski definition) is 7. The van der Waals surface area contributed by atoms with E-state index in [2.05, 4.69) is 8.75 Å². The van der Waals surface area contributed by atoms with Gasteiger partial charge in [-0.2, -0.15) is 8.75 Å². The summed E-state index contributed by atoms with van der Waals surface area (Å²) in [5.41, 5.74) is 3.75. The molecule has 4 aromatic rings. The summed E-state index contributed by atoms with van der Waals surface area (Å²) in [6, 6.07) is 14.2. The average Bonchev–Trinajstić information content (AvgIpc) is 3.28. The monoisotopic (exact) mass is 498 g/mol. The van der Waals surface area contributed by atoms with E-state index < -0.39 is 17.6 Å². The van der Waals surface area contributed by atoms with Crippen LogP contribution in [-0.4, -0.2) is 27.6 Å². The zero-order valence-corrected chi connectivity index (χ0v) is 22.5. The minimum atomic E-state index is -1.51. The number of aromatic nitrogens is 2. The number of aliphatic carboxylic acids is 1. The Morgan fingerprint density at radius 3 is 2.31 bits per heavy atom. The molecule has 0 unspecified atom stereocenters. The maximum absolute atomic E-state index is 14.4. The molecule has 172 valence electrons. The van der Waals surface area contributed by atoms with Crippen molar-refractivity contribution in [2.75, 3.05) is 7.11 Å². The first-order valence-electron chi connectivity index (χ1n) is 10.4. The van der Waals surface area contributed by atoms with Crippen LogP contribution < -0.4 is 39.4 Å². The van der Waals surface area contributed by atoms with Crippen LogP contribution in [0.5, 0.6) is 5.75 Å². The number of allylic oxidation sites excluding steroid dienone is 1. The molecule has 0 aliphatic rings. The molecule has 1 heterocycles. The van der Waals surface area contributed by atoms with Crippen molar-refractivity contribution in [2.45, 2.75) is 20.3 Å². The number of aryl methyl sites for hydroxylation is 2. The van der Waals surface area contributed by atoms with E-state index >= 15 is 0 Å². The van der Waals surface area contributed by atoms with Gasteiger partial charge < -0.3 is 14.6 Å². The minimum absolute atomic E-state index is 0. The van der Waals surface area contributed by atoms with Gasteiger partial charge in [0.25, 0.3) is 0 Å².